The van der Waals surface area contributed by atoms with E-state index >= 15 is 0 Å². The molecule has 0 saturated carbocycles. The second-order valence-corrected chi connectivity index (χ2v) is 8.06. The fourth-order valence-corrected chi connectivity index (χ4v) is 6.61. The number of hydrogen-bond acceptors (Lipinski definition) is 4. The number of fused-ring (bicyclic) bond motifs is 2. The molecule has 3 rings (SSSR count). The highest BCUT2D eigenvalue weighted by Gasteiger charge is 2.45. The topological polar surface area (TPSA) is 42.2 Å². The molecule has 19 heavy (non-hydrogen) atoms. The van der Waals surface area contributed by atoms with E-state index in [4.69, 9.17) is 4.42 Å². The second kappa shape index (κ2) is 5.09. The number of nitrogens with one attached hydrogen (secondary N) is 1. The summed E-state index contributed by atoms with van der Waals surface area (Å²) in [5.74, 6) is 3.90. The van der Waals surface area contributed by atoms with Gasteiger partial charge in [-0.3, -0.25) is 4.79 Å². The third-order valence-electron chi connectivity index (χ3n) is 3.81. The van der Waals surface area contributed by atoms with E-state index in [-0.39, 0.29) is 9.99 Å². The van der Waals surface area contributed by atoms with Gasteiger partial charge in [0, 0.05) is 35.6 Å². The van der Waals surface area contributed by atoms with Crippen LogP contribution in [0.2, 0.25) is 0 Å². The van der Waals surface area contributed by atoms with Crippen LogP contribution in [0.5, 0.6) is 0 Å². The number of aryl methyl sites for hydroxylation is 1. The van der Waals surface area contributed by atoms with Crippen molar-refractivity contribution in [1.82, 2.24) is 5.32 Å². The van der Waals surface area contributed by atoms with Crippen molar-refractivity contribution >= 4 is 29.4 Å². The Labute approximate surface area is 122 Å². The minimum Gasteiger partial charge on any atom is -0.455 e. The molecule has 2 aliphatic rings. The molecule has 0 bridgehead atoms. The van der Waals surface area contributed by atoms with E-state index in [0.29, 0.717) is 12.3 Å². The molecular weight excluding hydrogens is 278 g/mol. The second-order valence-electron chi connectivity index (χ2n) is 5.02. The van der Waals surface area contributed by atoms with Crippen molar-refractivity contribution in [1.29, 1.82) is 0 Å². The van der Waals surface area contributed by atoms with Gasteiger partial charge in [-0.1, -0.05) is 0 Å². The lowest BCUT2D eigenvalue weighted by molar-refractivity contribution is 0.0925. The van der Waals surface area contributed by atoms with Crippen molar-refractivity contribution in [2.24, 2.45) is 0 Å². The van der Waals surface area contributed by atoms with Crippen LogP contribution in [-0.4, -0.2) is 24.0 Å². The summed E-state index contributed by atoms with van der Waals surface area (Å²) in [7, 11) is 0. The smallest absolute Gasteiger partial charge is 0.287 e. The van der Waals surface area contributed by atoms with Crippen LogP contribution < -0.4 is 5.32 Å². The van der Waals surface area contributed by atoms with E-state index in [2.05, 4.69) is 5.32 Å². The maximum absolute atomic E-state index is 12.1. The Balaban J connectivity index is 2.05. The molecule has 1 aromatic rings. The number of carbonyl (C=O) groups is 1. The van der Waals surface area contributed by atoms with Gasteiger partial charge in [0.2, 0.25) is 0 Å². The molecule has 104 valence electrons. The molecule has 0 unspecified atom stereocenters. The van der Waals surface area contributed by atoms with Crippen LogP contribution >= 0.6 is 23.5 Å². The molecule has 1 saturated heterocycles. The predicted molar refractivity (Wildman–Crippen MR) is 81.0 cm³/mol. The number of amides is 1. The third-order valence-corrected chi connectivity index (χ3v) is 7.34. The van der Waals surface area contributed by atoms with Crippen molar-refractivity contribution in [2.45, 2.75) is 37.2 Å². The summed E-state index contributed by atoms with van der Waals surface area (Å²) < 4.78 is 6.06. The maximum Gasteiger partial charge on any atom is 0.287 e. The summed E-state index contributed by atoms with van der Waals surface area (Å²) in [4.78, 5) is 12.1. The first-order valence-electron chi connectivity index (χ1n) is 6.87. The lowest BCUT2D eigenvalue weighted by atomic mass is 9.94. The van der Waals surface area contributed by atoms with Gasteiger partial charge in [-0.15, -0.1) is 23.5 Å². The van der Waals surface area contributed by atoms with Gasteiger partial charge >= 0.3 is 0 Å². The summed E-state index contributed by atoms with van der Waals surface area (Å²) in [6.45, 7) is 4.61. The van der Waals surface area contributed by atoms with E-state index in [1.54, 1.807) is 0 Å². The normalized spacial score (nSPS) is 20.5. The van der Waals surface area contributed by atoms with Gasteiger partial charge in [-0.2, -0.15) is 0 Å². The highest BCUT2D eigenvalue weighted by Crippen LogP contribution is 2.59. The zero-order chi connectivity index (χ0) is 13.5. The molecule has 1 aliphatic heterocycles. The lowest BCUT2D eigenvalue weighted by Crippen LogP contribution is -2.24. The van der Waals surface area contributed by atoms with Crippen molar-refractivity contribution < 1.29 is 9.21 Å². The Hall–Kier alpha value is -0.550. The first kappa shape index (κ1) is 13.4. The third kappa shape index (κ3) is 2.11. The Bertz CT molecular complexity index is 504. The molecule has 3 nitrogen and oxygen atoms in total. The van der Waals surface area contributed by atoms with Crippen LogP contribution in [-0.2, 0) is 10.5 Å². The molecule has 0 aromatic carbocycles. The first-order chi connectivity index (χ1) is 9.18. The van der Waals surface area contributed by atoms with Crippen LogP contribution in [0.15, 0.2) is 4.42 Å². The van der Waals surface area contributed by atoms with Crippen molar-refractivity contribution in [3.63, 3.8) is 0 Å². The molecule has 1 amide bonds. The lowest BCUT2D eigenvalue weighted by Gasteiger charge is -2.31. The molecule has 1 N–H and O–H groups in total. The van der Waals surface area contributed by atoms with Crippen LogP contribution in [0.25, 0.3) is 0 Å². The zero-order valence-electron chi connectivity index (χ0n) is 11.4. The molecule has 1 fully saturated rings. The SMILES string of the molecule is CCNC(=O)c1oc2c(c1C)C1(CCC2)SCCS1. The monoisotopic (exact) mass is 297 g/mol. The van der Waals surface area contributed by atoms with E-state index in [1.807, 2.05) is 37.4 Å². The molecule has 0 radical (unpaired) electrons. The highest BCUT2D eigenvalue weighted by atomic mass is 32.2. The standard InChI is InChI=1S/C14H19NO2S2/c1-3-15-13(16)12-9(2)11-10(17-12)5-4-6-14(11)18-7-8-19-14/h3-8H2,1-2H3,(H,15,16). The molecular formula is C14H19NO2S2. The van der Waals surface area contributed by atoms with Gasteiger partial charge in [-0.25, -0.2) is 0 Å². The van der Waals surface area contributed by atoms with E-state index in [9.17, 15) is 4.79 Å². The predicted octanol–water partition coefficient (Wildman–Crippen LogP) is 3.31. The summed E-state index contributed by atoms with van der Waals surface area (Å²) in [6, 6.07) is 0. The quantitative estimate of drug-likeness (QED) is 0.909. The largest absolute Gasteiger partial charge is 0.455 e. The Morgan fingerprint density at radius 2 is 2.16 bits per heavy atom. The zero-order valence-corrected chi connectivity index (χ0v) is 13.0. The highest BCUT2D eigenvalue weighted by molar-refractivity contribution is 8.20. The van der Waals surface area contributed by atoms with Crippen molar-refractivity contribution in [3.05, 3.63) is 22.6 Å². The fourth-order valence-electron chi connectivity index (χ4n) is 3.06. The van der Waals surface area contributed by atoms with E-state index < -0.39 is 0 Å². The number of thioether (sulfide) groups is 2. The van der Waals surface area contributed by atoms with Gasteiger partial charge in [-0.05, 0) is 26.7 Å². The van der Waals surface area contributed by atoms with Gasteiger partial charge in [0.25, 0.3) is 5.91 Å². The molecule has 1 spiro atoms. The van der Waals surface area contributed by atoms with Crippen LogP contribution in [0.1, 0.15) is 47.2 Å². The molecule has 5 heteroatoms. The van der Waals surface area contributed by atoms with Gasteiger partial charge in [0.15, 0.2) is 5.76 Å². The summed E-state index contributed by atoms with van der Waals surface area (Å²) in [5, 5.41) is 2.84. The van der Waals surface area contributed by atoms with Crippen molar-refractivity contribution in [3.8, 4) is 0 Å². The molecule has 2 heterocycles. The van der Waals surface area contributed by atoms with E-state index in [1.165, 1.54) is 23.5 Å². The Morgan fingerprint density at radius 1 is 1.42 bits per heavy atom. The fraction of sp³-hybridized carbons (Fsp3) is 0.643. The molecule has 0 atom stereocenters. The molecule has 1 aromatic heterocycles. The number of rotatable bonds is 2. The Morgan fingerprint density at radius 3 is 2.84 bits per heavy atom. The Kier molecular flexibility index (Phi) is 3.60. The van der Waals surface area contributed by atoms with Crippen molar-refractivity contribution in [2.75, 3.05) is 18.1 Å². The number of hydrogen-bond donors (Lipinski definition) is 1. The summed E-state index contributed by atoms with van der Waals surface area (Å²) >= 11 is 4.06. The number of carbonyl (C=O) groups excluding carboxylic acids is 1. The molecule has 1 aliphatic carbocycles. The first-order valence-corrected chi connectivity index (χ1v) is 8.84. The van der Waals surface area contributed by atoms with Crippen LogP contribution in [0.4, 0.5) is 0 Å². The average molecular weight is 297 g/mol. The summed E-state index contributed by atoms with van der Waals surface area (Å²) in [5.41, 5.74) is 2.37. The van der Waals surface area contributed by atoms with Gasteiger partial charge in [0.05, 0.1) is 4.08 Å². The van der Waals surface area contributed by atoms with E-state index in [0.717, 1.165) is 24.2 Å². The van der Waals surface area contributed by atoms with Gasteiger partial charge in [0.1, 0.15) is 5.76 Å². The number of furan rings is 1. The van der Waals surface area contributed by atoms with Crippen LogP contribution in [0, 0.1) is 6.92 Å². The maximum atomic E-state index is 12.1. The minimum atomic E-state index is -0.0717. The average Bonchev–Trinajstić information content (AvgIpc) is 2.97. The minimum absolute atomic E-state index is 0.0717. The summed E-state index contributed by atoms with van der Waals surface area (Å²) in [6.07, 6.45) is 3.33. The van der Waals surface area contributed by atoms with Crippen LogP contribution in [0.3, 0.4) is 0 Å². The van der Waals surface area contributed by atoms with Gasteiger partial charge < -0.3 is 9.73 Å².